The monoisotopic (exact) mass is 351 g/mol. The van der Waals surface area contributed by atoms with Crippen molar-refractivity contribution in [2.75, 3.05) is 19.4 Å². The fourth-order valence-electron chi connectivity index (χ4n) is 2.13. The molecule has 0 atom stereocenters. The lowest BCUT2D eigenvalue weighted by molar-refractivity contribution is -0.120. The molecule has 1 N–H and O–H groups in total. The van der Waals surface area contributed by atoms with E-state index in [9.17, 15) is 13.6 Å². The number of nitrogens with one attached hydrogen (secondary N) is 1. The number of amides is 1. The van der Waals surface area contributed by atoms with Gasteiger partial charge in [0.15, 0.2) is 11.6 Å². The molecule has 0 spiro atoms. The Bertz CT molecular complexity index is 694. The zero-order valence-corrected chi connectivity index (χ0v) is 14.2. The molecule has 0 saturated heterocycles. The molecule has 0 heterocycles. The van der Waals surface area contributed by atoms with Crippen molar-refractivity contribution in [3.8, 4) is 5.75 Å². The minimum Gasteiger partial charge on any atom is -0.494 e. The Hall–Kier alpha value is -2.08. The van der Waals surface area contributed by atoms with Crippen LogP contribution in [0.5, 0.6) is 5.75 Å². The number of hydrogen-bond acceptors (Lipinski definition) is 3. The van der Waals surface area contributed by atoms with Crippen LogP contribution < -0.4 is 10.1 Å². The maximum atomic E-state index is 13.6. The van der Waals surface area contributed by atoms with Gasteiger partial charge >= 0.3 is 0 Å². The molecule has 1 amide bonds. The largest absolute Gasteiger partial charge is 0.494 e. The Labute approximate surface area is 144 Å². The number of methoxy groups -OCH3 is 1. The third-order valence-corrected chi connectivity index (χ3v) is 4.37. The molecule has 0 unspecified atom stereocenters. The van der Waals surface area contributed by atoms with Gasteiger partial charge in [-0.3, -0.25) is 4.79 Å². The van der Waals surface area contributed by atoms with Gasteiger partial charge in [-0.1, -0.05) is 24.3 Å². The minimum atomic E-state index is -0.483. The van der Waals surface area contributed by atoms with E-state index in [0.29, 0.717) is 29.2 Å². The van der Waals surface area contributed by atoms with Gasteiger partial charge in [0.1, 0.15) is 5.82 Å². The van der Waals surface area contributed by atoms with Crippen molar-refractivity contribution in [1.29, 1.82) is 0 Å². The molecule has 2 aromatic carbocycles. The number of ether oxygens (including phenoxy) is 1. The fourth-order valence-corrected chi connectivity index (χ4v) is 2.97. The van der Waals surface area contributed by atoms with E-state index in [1.54, 1.807) is 36.0 Å². The van der Waals surface area contributed by atoms with Crippen molar-refractivity contribution < 1.29 is 18.3 Å². The molecule has 128 valence electrons. The highest BCUT2D eigenvalue weighted by atomic mass is 32.2. The van der Waals surface area contributed by atoms with Crippen LogP contribution >= 0.6 is 11.8 Å². The normalized spacial score (nSPS) is 10.5. The number of carbonyl (C=O) groups excluding carboxylic acids is 1. The van der Waals surface area contributed by atoms with Crippen LogP contribution in [0, 0.1) is 11.6 Å². The topological polar surface area (TPSA) is 38.3 Å². The van der Waals surface area contributed by atoms with Crippen molar-refractivity contribution in [1.82, 2.24) is 5.32 Å². The number of rotatable bonds is 8. The van der Waals surface area contributed by atoms with Crippen molar-refractivity contribution in [3.05, 3.63) is 65.2 Å². The second-order valence-electron chi connectivity index (χ2n) is 5.14. The Kier molecular flexibility index (Phi) is 7.06. The number of halogens is 2. The highest BCUT2D eigenvalue weighted by Crippen LogP contribution is 2.18. The Morgan fingerprint density at radius 3 is 2.67 bits per heavy atom. The Balaban J connectivity index is 1.68. The van der Waals surface area contributed by atoms with Gasteiger partial charge in [0.2, 0.25) is 5.91 Å². The molecule has 2 rings (SSSR count). The molecule has 0 saturated carbocycles. The van der Waals surface area contributed by atoms with E-state index in [-0.39, 0.29) is 23.9 Å². The molecule has 0 aliphatic heterocycles. The van der Waals surface area contributed by atoms with E-state index >= 15 is 0 Å². The summed E-state index contributed by atoms with van der Waals surface area (Å²) in [5.41, 5.74) is 1.24. The van der Waals surface area contributed by atoms with E-state index < -0.39 is 5.82 Å². The van der Waals surface area contributed by atoms with Crippen LogP contribution in [0.25, 0.3) is 0 Å². The van der Waals surface area contributed by atoms with E-state index in [1.807, 2.05) is 0 Å². The van der Waals surface area contributed by atoms with Gasteiger partial charge in [-0.15, -0.1) is 0 Å². The summed E-state index contributed by atoms with van der Waals surface area (Å²) in [6.45, 7) is 0.483. The second kappa shape index (κ2) is 9.27. The van der Waals surface area contributed by atoms with Gasteiger partial charge in [-0.25, -0.2) is 8.78 Å². The van der Waals surface area contributed by atoms with Crippen LogP contribution in [0.3, 0.4) is 0 Å². The summed E-state index contributed by atoms with van der Waals surface area (Å²) >= 11 is 1.54. The van der Waals surface area contributed by atoms with Crippen LogP contribution in [0.4, 0.5) is 8.78 Å². The lowest BCUT2D eigenvalue weighted by Gasteiger charge is -2.07. The van der Waals surface area contributed by atoms with Crippen LogP contribution in [-0.2, 0) is 17.0 Å². The first-order valence-corrected chi connectivity index (χ1v) is 8.66. The second-order valence-corrected chi connectivity index (χ2v) is 6.24. The first kappa shape index (κ1) is 18.3. The highest BCUT2D eigenvalue weighted by molar-refractivity contribution is 7.98. The van der Waals surface area contributed by atoms with Crippen molar-refractivity contribution >= 4 is 17.7 Å². The van der Waals surface area contributed by atoms with Crippen molar-refractivity contribution in [2.45, 2.75) is 12.2 Å². The molecule has 0 radical (unpaired) electrons. The van der Waals surface area contributed by atoms with E-state index in [1.165, 1.54) is 25.3 Å². The Morgan fingerprint density at radius 2 is 1.96 bits per heavy atom. The standard InChI is InChI=1S/C18H19F2NO2S/c1-23-17-7-6-13(10-16(17)20)11-18(22)21-8-9-24-12-14-4-2-3-5-15(14)19/h2-7,10H,8-9,11-12H2,1H3,(H,21,22). The predicted octanol–water partition coefficient (Wildman–Crippen LogP) is 3.57. The summed E-state index contributed by atoms with van der Waals surface area (Å²) in [6, 6.07) is 11.1. The summed E-state index contributed by atoms with van der Waals surface area (Å²) in [6.07, 6.45) is 0.110. The predicted molar refractivity (Wildman–Crippen MR) is 92.2 cm³/mol. The third kappa shape index (κ3) is 5.53. The molecule has 3 nitrogen and oxygen atoms in total. The first-order chi connectivity index (χ1) is 11.6. The molecule has 0 aromatic heterocycles. The van der Waals surface area contributed by atoms with Crippen LogP contribution in [0.15, 0.2) is 42.5 Å². The Morgan fingerprint density at radius 1 is 1.17 bits per heavy atom. The molecule has 2 aromatic rings. The smallest absolute Gasteiger partial charge is 0.224 e. The summed E-state index contributed by atoms with van der Waals surface area (Å²) in [5.74, 6) is 0.525. The quantitative estimate of drug-likeness (QED) is 0.739. The number of hydrogen-bond donors (Lipinski definition) is 1. The maximum absolute atomic E-state index is 13.6. The SMILES string of the molecule is COc1ccc(CC(=O)NCCSCc2ccccc2F)cc1F. The summed E-state index contributed by atoms with van der Waals surface area (Å²) in [7, 11) is 1.39. The van der Waals surface area contributed by atoms with Gasteiger partial charge < -0.3 is 10.1 Å². The fraction of sp³-hybridized carbons (Fsp3) is 0.278. The summed E-state index contributed by atoms with van der Waals surface area (Å²) < 4.78 is 31.8. The van der Waals surface area contributed by atoms with Gasteiger partial charge in [0, 0.05) is 18.1 Å². The van der Waals surface area contributed by atoms with Crippen molar-refractivity contribution in [2.24, 2.45) is 0 Å². The van der Waals surface area contributed by atoms with E-state index in [0.717, 1.165) is 0 Å². The lowest BCUT2D eigenvalue weighted by Crippen LogP contribution is -2.27. The van der Waals surface area contributed by atoms with Gasteiger partial charge in [-0.2, -0.15) is 11.8 Å². The molecular formula is C18H19F2NO2S. The average molecular weight is 351 g/mol. The van der Waals surface area contributed by atoms with E-state index in [2.05, 4.69) is 5.32 Å². The van der Waals surface area contributed by atoms with Crippen LogP contribution in [0.2, 0.25) is 0 Å². The zero-order chi connectivity index (χ0) is 17.4. The summed E-state index contributed by atoms with van der Waals surface area (Å²) in [5, 5.41) is 2.77. The lowest BCUT2D eigenvalue weighted by atomic mass is 10.1. The molecule has 0 fully saturated rings. The van der Waals surface area contributed by atoms with Crippen LogP contribution in [-0.4, -0.2) is 25.3 Å². The molecular weight excluding hydrogens is 332 g/mol. The highest BCUT2D eigenvalue weighted by Gasteiger charge is 2.07. The molecule has 0 bridgehead atoms. The number of thioether (sulfide) groups is 1. The first-order valence-electron chi connectivity index (χ1n) is 7.50. The van der Waals surface area contributed by atoms with Crippen LogP contribution in [0.1, 0.15) is 11.1 Å². The van der Waals surface area contributed by atoms with E-state index in [4.69, 9.17) is 4.74 Å². The molecule has 0 aliphatic rings. The maximum Gasteiger partial charge on any atom is 0.224 e. The molecule has 0 aliphatic carbocycles. The minimum absolute atomic E-state index is 0.110. The van der Waals surface area contributed by atoms with Gasteiger partial charge in [0.25, 0.3) is 0 Å². The molecule has 24 heavy (non-hydrogen) atoms. The number of carbonyl (C=O) groups is 1. The molecule has 6 heteroatoms. The van der Waals surface area contributed by atoms with Gasteiger partial charge in [0.05, 0.1) is 13.5 Å². The van der Waals surface area contributed by atoms with Gasteiger partial charge in [-0.05, 0) is 29.3 Å². The number of benzene rings is 2. The zero-order valence-electron chi connectivity index (χ0n) is 13.4. The average Bonchev–Trinajstić information content (AvgIpc) is 2.56. The van der Waals surface area contributed by atoms with Crippen molar-refractivity contribution in [3.63, 3.8) is 0 Å². The summed E-state index contributed by atoms with van der Waals surface area (Å²) in [4.78, 5) is 11.8. The third-order valence-electron chi connectivity index (χ3n) is 3.36.